The van der Waals surface area contributed by atoms with Gasteiger partial charge in [0.1, 0.15) is 5.69 Å². The fourth-order valence-electron chi connectivity index (χ4n) is 1.07. The van der Waals surface area contributed by atoms with Crippen LogP contribution in [0.15, 0.2) is 6.07 Å². The van der Waals surface area contributed by atoms with Crippen LogP contribution in [0.25, 0.3) is 0 Å². The number of nitro groups is 1. The number of halogens is 3. The first kappa shape index (κ1) is 11.2. The molecule has 0 fully saturated rings. The van der Waals surface area contributed by atoms with Crippen molar-refractivity contribution in [2.75, 3.05) is 5.73 Å². The molecule has 1 aromatic rings. The SMILES string of the molecule is Cc1cc(C(F)(F)F)nc(N)c1[N+](=O)[O-]. The van der Waals surface area contributed by atoms with Gasteiger partial charge >= 0.3 is 11.9 Å². The molecule has 5 nitrogen and oxygen atoms in total. The number of pyridine rings is 1. The zero-order chi connectivity index (χ0) is 11.8. The van der Waals surface area contributed by atoms with Gasteiger partial charge in [-0.1, -0.05) is 0 Å². The van der Waals surface area contributed by atoms with Crippen molar-refractivity contribution >= 4 is 11.5 Å². The van der Waals surface area contributed by atoms with E-state index in [1.165, 1.54) is 6.92 Å². The summed E-state index contributed by atoms with van der Waals surface area (Å²) in [6, 6.07) is 0.592. The maximum atomic E-state index is 12.2. The second kappa shape index (κ2) is 3.37. The second-order valence-electron chi connectivity index (χ2n) is 2.81. The molecule has 0 bridgehead atoms. The van der Waals surface area contributed by atoms with E-state index in [-0.39, 0.29) is 5.56 Å². The first-order valence-corrected chi connectivity index (χ1v) is 3.72. The van der Waals surface area contributed by atoms with Crippen LogP contribution in [0, 0.1) is 17.0 Å². The molecule has 0 aliphatic heterocycles. The highest BCUT2D eigenvalue weighted by Crippen LogP contribution is 2.33. The van der Waals surface area contributed by atoms with Crippen molar-refractivity contribution in [1.82, 2.24) is 4.98 Å². The van der Waals surface area contributed by atoms with Gasteiger partial charge in [0.05, 0.1) is 4.92 Å². The highest BCUT2D eigenvalue weighted by atomic mass is 19.4. The molecule has 1 heterocycles. The Kier molecular flexibility index (Phi) is 2.52. The Hall–Kier alpha value is -1.86. The summed E-state index contributed by atoms with van der Waals surface area (Å²) in [7, 11) is 0. The van der Waals surface area contributed by atoms with Crippen LogP contribution in [0.1, 0.15) is 11.3 Å². The summed E-state index contributed by atoms with van der Waals surface area (Å²) in [6.07, 6.45) is -4.66. The third-order valence-electron chi connectivity index (χ3n) is 1.68. The van der Waals surface area contributed by atoms with Gasteiger partial charge in [-0.3, -0.25) is 10.1 Å². The maximum absolute atomic E-state index is 12.2. The van der Waals surface area contributed by atoms with Crippen molar-refractivity contribution in [3.8, 4) is 0 Å². The number of hydrogen-bond acceptors (Lipinski definition) is 4. The van der Waals surface area contributed by atoms with Crippen LogP contribution in [-0.2, 0) is 6.18 Å². The van der Waals surface area contributed by atoms with E-state index in [0.29, 0.717) is 6.07 Å². The molecule has 0 aromatic carbocycles. The fourth-order valence-corrected chi connectivity index (χ4v) is 1.07. The van der Waals surface area contributed by atoms with E-state index < -0.39 is 28.3 Å². The fraction of sp³-hybridized carbons (Fsp3) is 0.286. The lowest BCUT2D eigenvalue weighted by molar-refractivity contribution is -0.384. The first-order chi connectivity index (χ1) is 6.73. The summed E-state index contributed by atoms with van der Waals surface area (Å²) in [4.78, 5) is 12.5. The molecule has 0 radical (unpaired) electrons. The molecule has 0 amide bonds. The van der Waals surface area contributed by atoms with Gasteiger partial charge < -0.3 is 5.73 Å². The van der Waals surface area contributed by atoms with Crippen LogP contribution in [0.5, 0.6) is 0 Å². The van der Waals surface area contributed by atoms with Crippen LogP contribution in [-0.4, -0.2) is 9.91 Å². The highest BCUT2D eigenvalue weighted by Gasteiger charge is 2.35. The van der Waals surface area contributed by atoms with Crippen LogP contribution in [0.3, 0.4) is 0 Å². The second-order valence-corrected chi connectivity index (χ2v) is 2.81. The molecule has 2 N–H and O–H groups in total. The zero-order valence-corrected chi connectivity index (χ0v) is 7.50. The van der Waals surface area contributed by atoms with E-state index in [2.05, 4.69) is 4.98 Å². The highest BCUT2D eigenvalue weighted by molar-refractivity contribution is 5.57. The predicted octanol–water partition coefficient (Wildman–Crippen LogP) is 1.90. The quantitative estimate of drug-likeness (QED) is 0.579. The summed E-state index contributed by atoms with van der Waals surface area (Å²) >= 11 is 0. The average molecular weight is 221 g/mol. The molecule has 0 aliphatic rings. The van der Waals surface area contributed by atoms with Crippen molar-refractivity contribution in [1.29, 1.82) is 0 Å². The number of nitrogen functional groups attached to an aromatic ring is 1. The lowest BCUT2D eigenvalue weighted by Crippen LogP contribution is -2.11. The molecule has 0 saturated carbocycles. The van der Waals surface area contributed by atoms with Gasteiger partial charge in [-0.05, 0) is 13.0 Å². The van der Waals surface area contributed by atoms with Gasteiger partial charge in [0.15, 0.2) is 0 Å². The number of hydrogen-bond donors (Lipinski definition) is 1. The number of alkyl halides is 3. The Bertz CT molecular complexity index is 393. The van der Waals surface area contributed by atoms with Crippen LogP contribution >= 0.6 is 0 Å². The molecule has 0 atom stereocenters. The predicted molar refractivity (Wildman–Crippen MR) is 45.0 cm³/mol. The molecule has 1 aromatic heterocycles. The van der Waals surface area contributed by atoms with Crippen molar-refractivity contribution in [2.24, 2.45) is 0 Å². The van der Waals surface area contributed by atoms with E-state index in [0.717, 1.165) is 0 Å². The third-order valence-corrected chi connectivity index (χ3v) is 1.68. The summed E-state index contributed by atoms with van der Waals surface area (Å²) in [6.45, 7) is 1.17. The summed E-state index contributed by atoms with van der Waals surface area (Å²) in [5.41, 5.74) is 3.07. The van der Waals surface area contributed by atoms with E-state index in [1.807, 2.05) is 0 Å². The van der Waals surface area contributed by atoms with Crippen LogP contribution in [0.2, 0.25) is 0 Å². The Morgan fingerprint density at radius 1 is 1.53 bits per heavy atom. The summed E-state index contributed by atoms with van der Waals surface area (Å²) in [5.74, 6) is -0.729. The van der Waals surface area contributed by atoms with Gasteiger partial charge in [-0.25, -0.2) is 4.98 Å². The Labute approximate surface area is 81.9 Å². The minimum Gasteiger partial charge on any atom is -0.378 e. The number of aromatic nitrogens is 1. The van der Waals surface area contributed by atoms with Crippen molar-refractivity contribution in [2.45, 2.75) is 13.1 Å². The number of nitrogens with zero attached hydrogens (tertiary/aromatic N) is 2. The summed E-state index contributed by atoms with van der Waals surface area (Å²) < 4.78 is 36.6. The molecule has 82 valence electrons. The molecule has 15 heavy (non-hydrogen) atoms. The van der Waals surface area contributed by atoms with Crippen molar-refractivity contribution < 1.29 is 18.1 Å². The molecule has 0 unspecified atom stereocenters. The zero-order valence-electron chi connectivity index (χ0n) is 7.50. The summed E-state index contributed by atoms with van der Waals surface area (Å²) in [5, 5.41) is 10.4. The number of rotatable bonds is 1. The average Bonchev–Trinajstić information content (AvgIpc) is 1.99. The molecular formula is C7H6F3N3O2. The van der Waals surface area contributed by atoms with Crippen LogP contribution in [0.4, 0.5) is 24.7 Å². The monoisotopic (exact) mass is 221 g/mol. The van der Waals surface area contributed by atoms with Gasteiger partial charge in [0, 0.05) is 5.56 Å². The van der Waals surface area contributed by atoms with Crippen molar-refractivity contribution in [3.63, 3.8) is 0 Å². The Morgan fingerprint density at radius 3 is 2.40 bits per heavy atom. The van der Waals surface area contributed by atoms with Crippen LogP contribution < -0.4 is 5.73 Å². The smallest absolute Gasteiger partial charge is 0.378 e. The molecule has 0 spiro atoms. The molecule has 1 rings (SSSR count). The van der Waals surface area contributed by atoms with E-state index >= 15 is 0 Å². The van der Waals surface area contributed by atoms with Gasteiger partial charge in [-0.15, -0.1) is 0 Å². The molecule has 0 saturated heterocycles. The molecule has 0 aliphatic carbocycles. The number of anilines is 1. The Balaban J connectivity index is 3.39. The molecular weight excluding hydrogens is 215 g/mol. The van der Waals surface area contributed by atoms with E-state index in [1.54, 1.807) is 0 Å². The lowest BCUT2D eigenvalue weighted by Gasteiger charge is -2.07. The largest absolute Gasteiger partial charge is 0.433 e. The van der Waals surface area contributed by atoms with E-state index in [9.17, 15) is 23.3 Å². The maximum Gasteiger partial charge on any atom is 0.433 e. The standard InChI is InChI=1S/C7H6F3N3O2/c1-3-2-4(7(8,9)10)12-6(11)5(3)13(14)15/h2H,1H3,(H2,11,12). The topological polar surface area (TPSA) is 82.0 Å². The van der Waals surface area contributed by atoms with Crippen molar-refractivity contribution in [3.05, 3.63) is 27.4 Å². The van der Waals surface area contributed by atoms with Gasteiger partial charge in [0.2, 0.25) is 5.82 Å². The van der Waals surface area contributed by atoms with E-state index in [4.69, 9.17) is 5.73 Å². The number of nitrogens with two attached hydrogens (primary N) is 1. The minimum absolute atomic E-state index is 0.167. The third kappa shape index (κ3) is 2.14. The normalized spacial score (nSPS) is 11.5. The minimum atomic E-state index is -4.66. The van der Waals surface area contributed by atoms with Gasteiger partial charge in [0.25, 0.3) is 0 Å². The lowest BCUT2D eigenvalue weighted by atomic mass is 10.2. The number of aryl methyl sites for hydroxylation is 1. The first-order valence-electron chi connectivity index (χ1n) is 3.72. The molecule has 8 heteroatoms. The van der Waals surface area contributed by atoms with Gasteiger partial charge in [-0.2, -0.15) is 13.2 Å². The Morgan fingerprint density at radius 2 is 2.07 bits per heavy atom.